The van der Waals surface area contributed by atoms with Gasteiger partial charge in [-0.2, -0.15) is 0 Å². The van der Waals surface area contributed by atoms with Crippen molar-refractivity contribution in [1.82, 2.24) is 0 Å². The Hall–Kier alpha value is -2.10. The second kappa shape index (κ2) is 5.70. The van der Waals surface area contributed by atoms with Crippen LogP contribution in [-0.4, -0.2) is 23.7 Å². The third kappa shape index (κ3) is 3.24. The molecule has 0 heterocycles. The van der Waals surface area contributed by atoms with Crippen molar-refractivity contribution in [3.05, 3.63) is 48.0 Å². The molecule has 0 aromatic heterocycles. The Kier molecular flexibility index (Phi) is 4.27. The van der Waals surface area contributed by atoms with Gasteiger partial charge in [-0.1, -0.05) is 30.9 Å². The van der Waals surface area contributed by atoms with E-state index in [2.05, 4.69) is 6.58 Å². The molecule has 16 heavy (non-hydrogen) atoms. The first-order chi connectivity index (χ1) is 7.65. The second-order valence-corrected chi connectivity index (χ2v) is 3.11. The fourth-order valence-corrected chi connectivity index (χ4v) is 1.24. The number of aromatic carboxylic acids is 1. The maximum Gasteiger partial charge on any atom is 0.335 e. The van der Waals surface area contributed by atoms with Gasteiger partial charge in [-0.15, -0.1) is 0 Å². The maximum atomic E-state index is 11.3. The van der Waals surface area contributed by atoms with Gasteiger partial charge in [0.05, 0.1) is 12.0 Å². The molecule has 0 aliphatic carbocycles. The van der Waals surface area contributed by atoms with Crippen LogP contribution in [-0.2, 0) is 16.0 Å². The van der Waals surface area contributed by atoms with Crippen LogP contribution in [0.4, 0.5) is 0 Å². The second-order valence-electron chi connectivity index (χ2n) is 3.11. The Bertz CT molecular complexity index is 409. The Morgan fingerprint density at radius 3 is 2.69 bits per heavy atom. The predicted molar refractivity (Wildman–Crippen MR) is 58.3 cm³/mol. The summed E-state index contributed by atoms with van der Waals surface area (Å²) < 4.78 is 4.78. The molecule has 1 rings (SSSR count). The van der Waals surface area contributed by atoms with Crippen molar-refractivity contribution in [3.8, 4) is 0 Å². The largest absolute Gasteiger partial charge is 0.478 e. The summed E-state index contributed by atoms with van der Waals surface area (Å²) in [5, 5.41) is 8.89. The van der Waals surface area contributed by atoms with Gasteiger partial charge >= 0.3 is 11.9 Å². The first-order valence-electron chi connectivity index (χ1n) is 4.73. The van der Waals surface area contributed by atoms with E-state index in [0.717, 1.165) is 0 Å². The van der Waals surface area contributed by atoms with Crippen LogP contribution in [0.25, 0.3) is 0 Å². The van der Waals surface area contributed by atoms with Crippen LogP contribution < -0.4 is 0 Å². The van der Waals surface area contributed by atoms with E-state index in [1.807, 2.05) is 0 Å². The molecule has 0 saturated heterocycles. The van der Waals surface area contributed by atoms with Crippen molar-refractivity contribution >= 4 is 11.9 Å². The fraction of sp³-hybridized carbons (Fsp3) is 0.167. The molecule has 0 radical (unpaired) electrons. The third-order valence-electron chi connectivity index (χ3n) is 1.94. The molecule has 4 nitrogen and oxygen atoms in total. The van der Waals surface area contributed by atoms with Crippen LogP contribution in [0.1, 0.15) is 15.9 Å². The van der Waals surface area contributed by atoms with E-state index in [9.17, 15) is 9.59 Å². The minimum Gasteiger partial charge on any atom is -0.478 e. The van der Waals surface area contributed by atoms with Gasteiger partial charge in [-0.05, 0) is 11.6 Å². The number of hydrogen-bond acceptors (Lipinski definition) is 3. The van der Waals surface area contributed by atoms with Crippen LogP contribution >= 0.6 is 0 Å². The highest BCUT2D eigenvalue weighted by atomic mass is 16.5. The lowest BCUT2D eigenvalue weighted by molar-refractivity contribution is -0.141. The van der Waals surface area contributed by atoms with E-state index in [-0.39, 0.29) is 18.6 Å². The molecule has 0 unspecified atom stereocenters. The molecule has 0 aliphatic rings. The molecule has 1 aromatic carbocycles. The van der Waals surface area contributed by atoms with Crippen LogP contribution in [0.5, 0.6) is 0 Å². The van der Waals surface area contributed by atoms with Crippen molar-refractivity contribution in [2.75, 3.05) is 6.61 Å². The molecule has 0 fully saturated rings. The number of carboxylic acid groups (broad SMARTS) is 1. The number of esters is 1. The topological polar surface area (TPSA) is 63.6 Å². The molecule has 0 saturated carbocycles. The molecule has 0 atom stereocenters. The van der Waals surface area contributed by atoms with Crippen molar-refractivity contribution in [3.63, 3.8) is 0 Å². The summed E-state index contributed by atoms with van der Waals surface area (Å²) in [5.41, 5.74) is 0.571. The van der Waals surface area contributed by atoms with E-state index in [4.69, 9.17) is 9.84 Å². The number of carboxylic acids is 1. The van der Waals surface area contributed by atoms with Gasteiger partial charge in [0.2, 0.25) is 0 Å². The number of rotatable bonds is 5. The first kappa shape index (κ1) is 12.0. The zero-order valence-corrected chi connectivity index (χ0v) is 8.68. The van der Waals surface area contributed by atoms with Crippen LogP contribution in [0.3, 0.4) is 0 Å². The van der Waals surface area contributed by atoms with E-state index >= 15 is 0 Å². The Labute approximate surface area is 93.2 Å². The maximum absolute atomic E-state index is 11.3. The average molecular weight is 220 g/mol. The smallest absolute Gasteiger partial charge is 0.335 e. The van der Waals surface area contributed by atoms with E-state index in [0.29, 0.717) is 5.56 Å². The van der Waals surface area contributed by atoms with Crippen LogP contribution in [0.15, 0.2) is 36.9 Å². The number of ether oxygens (including phenoxy) is 1. The van der Waals surface area contributed by atoms with E-state index in [1.165, 1.54) is 12.1 Å². The number of hydrogen-bond donors (Lipinski definition) is 1. The third-order valence-corrected chi connectivity index (χ3v) is 1.94. The molecular formula is C12H12O4. The van der Waals surface area contributed by atoms with Crippen LogP contribution in [0.2, 0.25) is 0 Å². The molecular weight excluding hydrogens is 208 g/mol. The molecule has 0 aliphatic heterocycles. The van der Waals surface area contributed by atoms with Gasteiger partial charge in [-0.25, -0.2) is 4.79 Å². The Balaban J connectivity index is 2.76. The quantitative estimate of drug-likeness (QED) is 0.605. The van der Waals surface area contributed by atoms with Crippen LogP contribution in [0, 0.1) is 0 Å². The minimum absolute atomic E-state index is 0.0453. The summed E-state index contributed by atoms with van der Waals surface area (Å²) in [6, 6.07) is 6.35. The predicted octanol–water partition coefficient (Wildman–Crippen LogP) is 1.66. The lowest BCUT2D eigenvalue weighted by Gasteiger charge is -2.05. The first-order valence-corrected chi connectivity index (χ1v) is 4.73. The highest BCUT2D eigenvalue weighted by Gasteiger charge is 2.12. The average Bonchev–Trinajstić information content (AvgIpc) is 2.27. The Morgan fingerprint density at radius 2 is 2.06 bits per heavy atom. The highest BCUT2D eigenvalue weighted by Crippen LogP contribution is 2.10. The summed E-state index contributed by atoms with van der Waals surface area (Å²) in [5.74, 6) is -1.51. The van der Waals surface area contributed by atoms with Crippen molar-refractivity contribution < 1.29 is 19.4 Å². The molecule has 0 bridgehead atoms. The monoisotopic (exact) mass is 220 g/mol. The van der Waals surface area contributed by atoms with Gasteiger partial charge in [-0.3, -0.25) is 4.79 Å². The summed E-state index contributed by atoms with van der Waals surface area (Å²) >= 11 is 0. The number of carbonyl (C=O) groups excluding carboxylic acids is 1. The van der Waals surface area contributed by atoms with Crippen molar-refractivity contribution in [2.45, 2.75) is 6.42 Å². The van der Waals surface area contributed by atoms with Crippen molar-refractivity contribution in [2.24, 2.45) is 0 Å². The molecule has 0 spiro atoms. The highest BCUT2D eigenvalue weighted by molar-refractivity contribution is 5.91. The van der Waals surface area contributed by atoms with Gasteiger partial charge in [0.25, 0.3) is 0 Å². The summed E-state index contributed by atoms with van der Waals surface area (Å²) in [7, 11) is 0. The Morgan fingerprint density at radius 1 is 1.38 bits per heavy atom. The van der Waals surface area contributed by atoms with Gasteiger partial charge < -0.3 is 9.84 Å². The molecule has 4 heteroatoms. The lowest BCUT2D eigenvalue weighted by Crippen LogP contribution is -2.11. The number of carbonyl (C=O) groups is 2. The summed E-state index contributed by atoms with van der Waals surface area (Å²) in [6.45, 7) is 3.55. The van der Waals surface area contributed by atoms with E-state index in [1.54, 1.807) is 18.2 Å². The normalized spacial score (nSPS) is 9.50. The summed E-state index contributed by atoms with van der Waals surface area (Å²) in [6.07, 6.45) is 1.41. The van der Waals surface area contributed by atoms with Crippen molar-refractivity contribution in [1.29, 1.82) is 0 Å². The SMILES string of the molecule is C=CCOC(=O)Cc1ccccc1C(=O)O. The van der Waals surface area contributed by atoms with E-state index < -0.39 is 11.9 Å². The standard InChI is InChI=1S/C12H12O4/c1-2-7-16-11(13)8-9-5-3-4-6-10(9)12(14)15/h2-6H,1,7-8H2,(H,14,15). The lowest BCUT2D eigenvalue weighted by atomic mass is 10.1. The molecule has 0 amide bonds. The zero-order chi connectivity index (χ0) is 12.0. The fourth-order valence-electron chi connectivity index (χ4n) is 1.24. The molecule has 1 N–H and O–H groups in total. The zero-order valence-electron chi connectivity index (χ0n) is 8.68. The number of benzene rings is 1. The van der Waals surface area contributed by atoms with Gasteiger partial charge in [0.1, 0.15) is 6.61 Å². The van der Waals surface area contributed by atoms with Gasteiger partial charge in [0.15, 0.2) is 0 Å². The molecule has 1 aromatic rings. The summed E-state index contributed by atoms with van der Waals surface area (Å²) in [4.78, 5) is 22.1. The molecule has 84 valence electrons. The van der Waals surface area contributed by atoms with Gasteiger partial charge in [0, 0.05) is 0 Å². The minimum atomic E-state index is -1.05.